The van der Waals surface area contributed by atoms with E-state index in [1.165, 1.54) is 0 Å². The molecular weight excluding hydrogens is 276 g/mol. The molecule has 0 aromatic heterocycles. The fraction of sp³-hybridized carbons (Fsp3) is 0.533. The molecule has 2 rings (SSSR count). The van der Waals surface area contributed by atoms with Crippen molar-refractivity contribution in [2.24, 2.45) is 0 Å². The molecule has 1 aromatic rings. The van der Waals surface area contributed by atoms with Gasteiger partial charge in [0.2, 0.25) is 5.91 Å². The number of hydrogen-bond donors (Lipinski definition) is 2. The molecule has 0 saturated carbocycles. The summed E-state index contributed by atoms with van der Waals surface area (Å²) in [5, 5.41) is 13.4. The van der Waals surface area contributed by atoms with Crippen molar-refractivity contribution in [3.63, 3.8) is 0 Å². The molecule has 0 spiro atoms. The standard InChI is InChI=1S/C15H21ClN2O2/c1-11-3-2-8-18(11)10-15(20)17-9-14(19)12-4-6-13(16)7-5-12/h4-7,11,14,19H,2-3,8-10H2,1H3,(H,17,20)/t11-,14-/m0/s1. The van der Waals surface area contributed by atoms with Crippen LogP contribution >= 0.6 is 11.6 Å². The predicted molar refractivity (Wildman–Crippen MR) is 79.7 cm³/mol. The highest BCUT2D eigenvalue weighted by molar-refractivity contribution is 6.30. The minimum atomic E-state index is -0.702. The number of nitrogens with one attached hydrogen (secondary N) is 1. The number of halogens is 1. The highest BCUT2D eigenvalue weighted by Gasteiger charge is 2.22. The summed E-state index contributed by atoms with van der Waals surface area (Å²) in [6.45, 7) is 3.76. The Balaban J connectivity index is 1.76. The molecule has 1 heterocycles. The number of benzene rings is 1. The molecule has 2 atom stereocenters. The molecule has 0 aliphatic carbocycles. The molecule has 0 unspecified atom stereocenters. The Kier molecular flexibility index (Phi) is 5.40. The number of carbonyl (C=O) groups excluding carboxylic acids is 1. The predicted octanol–water partition coefficient (Wildman–Crippen LogP) is 1.97. The van der Waals surface area contributed by atoms with E-state index < -0.39 is 6.10 Å². The summed E-state index contributed by atoms with van der Waals surface area (Å²) in [4.78, 5) is 14.0. The van der Waals surface area contributed by atoms with E-state index in [1.807, 2.05) is 0 Å². The number of likely N-dealkylation sites (tertiary alicyclic amines) is 1. The van der Waals surface area contributed by atoms with E-state index in [1.54, 1.807) is 24.3 Å². The van der Waals surface area contributed by atoms with Crippen molar-refractivity contribution >= 4 is 17.5 Å². The van der Waals surface area contributed by atoms with Gasteiger partial charge in [-0.15, -0.1) is 0 Å². The van der Waals surface area contributed by atoms with Crippen LogP contribution in [0.5, 0.6) is 0 Å². The van der Waals surface area contributed by atoms with Gasteiger partial charge in [0.15, 0.2) is 0 Å². The molecule has 1 amide bonds. The second kappa shape index (κ2) is 7.07. The number of rotatable bonds is 5. The molecule has 1 saturated heterocycles. The Morgan fingerprint density at radius 2 is 2.20 bits per heavy atom. The van der Waals surface area contributed by atoms with Gasteiger partial charge in [-0.3, -0.25) is 9.69 Å². The molecule has 2 N–H and O–H groups in total. The van der Waals surface area contributed by atoms with E-state index in [0.717, 1.165) is 24.9 Å². The third-order valence-corrected chi connectivity index (χ3v) is 4.04. The van der Waals surface area contributed by atoms with Crippen LogP contribution in [0.15, 0.2) is 24.3 Å². The maximum absolute atomic E-state index is 11.8. The highest BCUT2D eigenvalue weighted by Crippen LogP contribution is 2.17. The SMILES string of the molecule is C[C@H]1CCCN1CC(=O)NC[C@H](O)c1ccc(Cl)cc1. The fourth-order valence-corrected chi connectivity index (χ4v) is 2.61. The van der Waals surface area contributed by atoms with Gasteiger partial charge < -0.3 is 10.4 Å². The first-order chi connectivity index (χ1) is 9.56. The number of hydrogen-bond acceptors (Lipinski definition) is 3. The molecule has 0 radical (unpaired) electrons. The van der Waals surface area contributed by atoms with Gasteiger partial charge in [-0.05, 0) is 44.0 Å². The summed E-state index contributed by atoms with van der Waals surface area (Å²) in [6.07, 6.45) is 1.61. The number of nitrogens with zero attached hydrogens (tertiary/aromatic N) is 1. The first-order valence-electron chi connectivity index (χ1n) is 7.00. The smallest absolute Gasteiger partial charge is 0.234 e. The van der Waals surface area contributed by atoms with Gasteiger partial charge in [-0.1, -0.05) is 23.7 Å². The van der Waals surface area contributed by atoms with Crippen LogP contribution in [-0.2, 0) is 4.79 Å². The zero-order chi connectivity index (χ0) is 14.5. The van der Waals surface area contributed by atoms with E-state index in [-0.39, 0.29) is 12.5 Å². The Morgan fingerprint density at radius 1 is 1.50 bits per heavy atom. The van der Waals surface area contributed by atoms with E-state index in [0.29, 0.717) is 17.6 Å². The lowest BCUT2D eigenvalue weighted by molar-refractivity contribution is -0.122. The van der Waals surface area contributed by atoms with Crippen LogP contribution < -0.4 is 5.32 Å². The van der Waals surface area contributed by atoms with Crippen LogP contribution in [0.3, 0.4) is 0 Å². The van der Waals surface area contributed by atoms with Crippen LogP contribution in [0, 0.1) is 0 Å². The second-order valence-corrected chi connectivity index (χ2v) is 5.77. The van der Waals surface area contributed by atoms with Crippen LogP contribution in [0.2, 0.25) is 5.02 Å². The van der Waals surface area contributed by atoms with Crippen LogP contribution in [0.1, 0.15) is 31.4 Å². The molecule has 5 heteroatoms. The minimum absolute atomic E-state index is 0.0354. The zero-order valence-electron chi connectivity index (χ0n) is 11.7. The zero-order valence-corrected chi connectivity index (χ0v) is 12.4. The Labute approximate surface area is 124 Å². The molecule has 4 nitrogen and oxygen atoms in total. The number of amides is 1. The van der Waals surface area contributed by atoms with Gasteiger partial charge in [0.1, 0.15) is 0 Å². The molecule has 110 valence electrons. The van der Waals surface area contributed by atoms with Gasteiger partial charge in [0, 0.05) is 17.6 Å². The van der Waals surface area contributed by atoms with Crippen molar-refractivity contribution in [3.05, 3.63) is 34.9 Å². The summed E-state index contributed by atoms with van der Waals surface area (Å²) < 4.78 is 0. The third-order valence-electron chi connectivity index (χ3n) is 3.78. The van der Waals surface area contributed by atoms with Crippen molar-refractivity contribution in [1.82, 2.24) is 10.2 Å². The number of aliphatic hydroxyl groups excluding tert-OH is 1. The summed E-state index contributed by atoms with van der Waals surface area (Å²) in [6, 6.07) is 7.47. The van der Waals surface area contributed by atoms with E-state index >= 15 is 0 Å². The van der Waals surface area contributed by atoms with Crippen molar-refractivity contribution in [1.29, 1.82) is 0 Å². The topological polar surface area (TPSA) is 52.6 Å². The van der Waals surface area contributed by atoms with Crippen molar-refractivity contribution in [2.45, 2.75) is 31.9 Å². The lowest BCUT2D eigenvalue weighted by Crippen LogP contribution is -2.40. The van der Waals surface area contributed by atoms with Gasteiger partial charge in [0.05, 0.1) is 12.6 Å². The third kappa shape index (κ3) is 4.20. The summed E-state index contributed by atoms with van der Waals surface area (Å²) in [5.74, 6) is -0.0354. The van der Waals surface area contributed by atoms with Gasteiger partial charge in [-0.25, -0.2) is 0 Å². The molecular formula is C15H21ClN2O2. The average Bonchev–Trinajstić information content (AvgIpc) is 2.82. The number of aliphatic hydroxyl groups is 1. The maximum atomic E-state index is 11.8. The average molecular weight is 297 g/mol. The molecule has 1 aliphatic heterocycles. The Hall–Kier alpha value is -1.10. The maximum Gasteiger partial charge on any atom is 0.234 e. The molecule has 0 bridgehead atoms. The van der Waals surface area contributed by atoms with Crippen LogP contribution in [-0.4, -0.2) is 41.6 Å². The molecule has 1 aromatic carbocycles. The summed E-state index contributed by atoms with van der Waals surface area (Å²) >= 11 is 5.80. The van der Waals surface area contributed by atoms with Crippen molar-refractivity contribution < 1.29 is 9.90 Å². The van der Waals surface area contributed by atoms with E-state index in [9.17, 15) is 9.90 Å². The molecule has 1 fully saturated rings. The normalized spacial score (nSPS) is 20.9. The molecule has 1 aliphatic rings. The highest BCUT2D eigenvalue weighted by atomic mass is 35.5. The first kappa shape index (κ1) is 15.3. The van der Waals surface area contributed by atoms with Crippen molar-refractivity contribution in [3.8, 4) is 0 Å². The lowest BCUT2D eigenvalue weighted by Gasteiger charge is -2.20. The monoisotopic (exact) mass is 296 g/mol. The lowest BCUT2D eigenvalue weighted by atomic mass is 10.1. The van der Waals surface area contributed by atoms with Crippen molar-refractivity contribution in [2.75, 3.05) is 19.6 Å². The fourth-order valence-electron chi connectivity index (χ4n) is 2.48. The Morgan fingerprint density at radius 3 is 2.80 bits per heavy atom. The largest absolute Gasteiger partial charge is 0.387 e. The minimum Gasteiger partial charge on any atom is -0.387 e. The van der Waals surface area contributed by atoms with Gasteiger partial charge in [0.25, 0.3) is 0 Å². The summed E-state index contributed by atoms with van der Waals surface area (Å²) in [7, 11) is 0. The molecule has 20 heavy (non-hydrogen) atoms. The van der Waals surface area contributed by atoms with Gasteiger partial charge in [-0.2, -0.15) is 0 Å². The van der Waals surface area contributed by atoms with Crippen LogP contribution in [0.25, 0.3) is 0 Å². The summed E-state index contributed by atoms with van der Waals surface area (Å²) in [5.41, 5.74) is 0.754. The van der Waals surface area contributed by atoms with E-state index in [2.05, 4.69) is 17.1 Å². The van der Waals surface area contributed by atoms with Gasteiger partial charge >= 0.3 is 0 Å². The Bertz CT molecular complexity index is 450. The second-order valence-electron chi connectivity index (χ2n) is 5.33. The van der Waals surface area contributed by atoms with E-state index in [4.69, 9.17) is 11.6 Å². The van der Waals surface area contributed by atoms with Crippen LogP contribution in [0.4, 0.5) is 0 Å². The first-order valence-corrected chi connectivity index (χ1v) is 7.38. The number of carbonyl (C=O) groups is 1. The quantitative estimate of drug-likeness (QED) is 0.873.